The molecule has 0 heterocycles. The standard InChI is InChI=1S/C9H10N2OS/c1-8(12)11(13)10-7-9-5-3-2-4-6-9/h2-7,13H,1H3. The Balaban J connectivity index is 2.64. The van der Waals surface area contributed by atoms with Crippen LogP contribution in [0.2, 0.25) is 0 Å². The third kappa shape index (κ3) is 3.29. The minimum atomic E-state index is -0.212. The lowest BCUT2D eigenvalue weighted by atomic mass is 10.2. The molecule has 0 aliphatic rings. The number of rotatable bonds is 2. The highest BCUT2D eigenvalue weighted by Crippen LogP contribution is 1.98. The third-order valence-corrected chi connectivity index (χ3v) is 1.78. The van der Waals surface area contributed by atoms with Gasteiger partial charge in [0.15, 0.2) is 0 Å². The van der Waals surface area contributed by atoms with Gasteiger partial charge in [0.1, 0.15) is 0 Å². The topological polar surface area (TPSA) is 32.7 Å². The molecule has 0 aliphatic carbocycles. The van der Waals surface area contributed by atoms with E-state index in [1.54, 1.807) is 6.21 Å². The predicted molar refractivity (Wildman–Crippen MR) is 55.5 cm³/mol. The summed E-state index contributed by atoms with van der Waals surface area (Å²) in [5.41, 5.74) is 0.933. The average molecular weight is 194 g/mol. The molecule has 1 aromatic carbocycles. The summed E-state index contributed by atoms with van der Waals surface area (Å²) >= 11 is 3.84. The Hall–Kier alpha value is -1.29. The maximum atomic E-state index is 10.7. The van der Waals surface area contributed by atoms with Crippen LogP contribution in [0, 0.1) is 0 Å². The predicted octanol–water partition coefficient (Wildman–Crippen LogP) is 1.71. The average Bonchev–Trinajstić information content (AvgIpc) is 2.15. The second-order valence-corrected chi connectivity index (χ2v) is 2.84. The molecule has 0 radical (unpaired) electrons. The molecule has 1 aromatic rings. The van der Waals surface area contributed by atoms with Gasteiger partial charge in [-0.1, -0.05) is 30.3 Å². The summed E-state index contributed by atoms with van der Waals surface area (Å²) in [4.78, 5) is 10.7. The minimum absolute atomic E-state index is 0.212. The number of thiol groups is 1. The van der Waals surface area contributed by atoms with Crippen molar-refractivity contribution in [2.45, 2.75) is 6.92 Å². The van der Waals surface area contributed by atoms with Gasteiger partial charge < -0.3 is 0 Å². The smallest absolute Gasteiger partial charge is 0.249 e. The Kier molecular flexibility index (Phi) is 3.52. The Morgan fingerprint density at radius 3 is 2.62 bits per heavy atom. The van der Waals surface area contributed by atoms with Crippen LogP contribution in [0.1, 0.15) is 12.5 Å². The summed E-state index contributed by atoms with van der Waals surface area (Å²) in [6.45, 7) is 1.40. The first-order valence-corrected chi connectivity index (χ1v) is 4.19. The minimum Gasteiger partial charge on any atom is -0.272 e. The highest BCUT2D eigenvalue weighted by molar-refractivity contribution is 7.78. The van der Waals surface area contributed by atoms with E-state index >= 15 is 0 Å². The van der Waals surface area contributed by atoms with E-state index in [9.17, 15) is 4.79 Å². The van der Waals surface area contributed by atoms with Crippen LogP contribution >= 0.6 is 12.8 Å². The molecular formula is C9H10N2OS. The lowest BCUT2D eigenvalue weighted by molar-refractivity contribution is -0.123. The fraction of sp³-hybridized carbons (Fsp3) is 0.111. The highest BCUT2D eigenvalue weighted by atomic mass is 32.1. The third-order valence-electron chi connectivity index (χ3n) is 1.40. The number of carbonyl (C=O) groups excluding carboxylic acids is 1. The number of amides is 1. The van der Waals surface area contributed by atoms with E-state index in [0.717, 1.165) is 9.98 Å². The maximum Gasteiger partial charge on any atom is 0.249 e. The maximum absolute atomic E-state index is 10.7. The molecule has 1 rings (SSSR count). The van der Waals surface area contributed by atoms with Crippen LogP contribution in [0.25, 0.3) is 0 Å². The Labute approximate surface area is 82.6 Å². The van der Waals surface area contributed by atoms with E-state index in [1.807, 2.05) is 30.3 Å². The SMILES string of the molecule is CC(=O)N(S)N=Cc1ccccc1. The number of hydrazone groups is 1. The fourth-order valence-electron chi connectivity index (χ4n) is 0.742. The van der Waals surface area contributed by atoms with E-state index in [2.05, 4.69) is 17.9 Å². The van der Waals surface area contributed by atoms with Crippen molar-refractivity contribution in [3.05, 3.63) is 35.9 Å². The number of hydrogen-bond donors (Lipinski definition) is 1. The van der Waals surface area contributed by atoms with Gasteiger partial charge in [-0.15, -0.1) is 0 Å². The Morgan fingerprint density at radius 2 is 2.08 bits per heavy atom. The summed E-state index contributed by atoms with van der Waals surface area (Å²) in [6, 6.07) is 9.51. The van der Waals surface area contributed by atoms with E-state index < -0.39 is 0 Å². The second-order valence-electron chi connectivity index (χ2n) is 2.46. The van der Waals surface area contributed by atoms with Crippen LogP contribution < -0.4 is 0 Å². The first-order valence-electron chi connectivity index (χ1n) is 3.79. The van der Waals surface area contributed by atoms with Gasteiger partial charge in [-0.2, -0.15) is 9.52 Å². The van der Waals surface area contributed by atoms with Crippen LogP contribution in [-0.4, -0.2) is 16.5 Å². The lowest BCUT2D eigenvalue weighted by Crippen LogP contribution is -2.10. The zero-order chi connectivity index (χ0) is 9.68. The summed E-state index contributed by atoms with van der Waals surface area (Å²) in [5.74, 6) is -0.212. The molecule has 0 aromatic heterocycles. The van der Waals surface area contributed by atoms with Crippen molar-refractivity contribution in [3.63, 3.8) is 0 Å². The van der Waals surface area contributed by atoms with Crippen LogP contribution in [0.5, 0.6) is 0 Å². The van der Waals surface area contributed by atoms with E-state index in [4.69, 9.17) is 0 Å². The first-order chi connectivity index (χ1) is 6.20. The summed E-state index contributed by atoms with van der Waals surface area (Å²) < 4.78 is 0.993. The van der Waals surface area contributed by atoms with Gasteiger partial charge >= 0.3 is 0 Å². The van der Waals surface area contributed by atoms with Crippen molar-refractivity contribution in [2.24, 2.45) is 5.10 Å². The van der Waals surface area contributed by atoms with Crippen molar-refractivity contribution < 1.29 is 4.79 Å². The molecule has 0 aliphatic heterocycles. The summed E-state index contributed by atoms with van der Waals surface area (Å²) in [7, 11) is 0. The molecule has 0 saturated heterocycles. The fourth-order valence-corrected chi connectivity index (χ4v) is 0.793. The van der Waals surface area contributed by atoms with Crippen LogP contribution in [-0.2, 0) is 4.79 Å². The summed E-state index contributed by atoms with van der Waals surface area (Å²) in [5, 5.41) is 3.82. The molecule has 13 heavy (non-hydrogen) atoms. The van der Waals surface area contributed by atoms with E-state index in [1.165, 1.54) is 6.92 Å². The van der Waals surface area contributed by atoms with Crippen molar-refractivity contribution >= 4 is 24.9 Å². The molecule has 0 unspecified atom stereocenters. The molecule has 0 N–H and O–H groups in total. The van der Waals surface area contributed by atoms with Gasteiger partial charge in [0.25, 0.3) is 0 Å². The zero-order valence-corrected chi connectivity index (χ0v) is 8.11. The van der Waals surface area contributed by atoms with Crippen LogP contribution in [0.15, 0.2) is 35.4 Å². The molecule has 3 nitrogen and oxygen atoms in total. The van der Waals surface area contributed by atoms with Gasteiger partial charge in [0.2, 0.25) is 5.91 Å². The van der Waals surface area contributed by atoms with Gasteiger partial charge in [-0.25, -0.2) is 0 Å². The largest absolute Gasteiger partial charge is 0.272 e. The van der Waals surface area contributed by atoms with Crippen molar-refractivity contribution in [3.8, 4) is 0 Å². The van der Waals surface area contributed by atoms with E-state index in [-0.39, 0.29) is 5.91 Å². The quantitative estimate of drug-likeness (QED) is 0.434. The summed E-state index contributed by atoms with van der Waals surface area (Å²) in [6.07, 6.45) is 1.58. The number of nitrogens with zero attached hydrogens (tertiary/aromatic N) is 2. The molecule has 1 amide bonds. The molecule has 0 bridgehead atoms. The molecule has 0 atom stereocenters. The first kappa shape index (κ1) is 9.80. The van der Waals surface area contributed by atoms with Gasteiger partial charge in [-0.3, -0.25) is 4.79 Å². The number of hydrogen-bond acceptors (Lipinski definition) is 3. The Bertz CT molecular complexity index is 311. The zero-order valence-electron chi connectivity index (χ0n) is 7.21. The number of benzene rings is 1. The van der Waals surface area contributed by atoms with Gasteiger partial charge in [0.05, 0.1) is 6.21 Å². The second kappa shape index (κ2) is 4.67. The molecule has 0 spiro atoms. The Morgan fingerprint density at radius 1 is 1.46 bits per heavy atom. The number of carbonyl (C=O) groups is 1. The highest BCUT2D eigenvalue weighted by Gasteiger charge is 1.97. The molecular weight excluding hydrogens is 184 g/mol. The monoisotopic (exact) mass is 194 g/mol. The van der Waals surface area contributed by atoms with Crippen LogP contribution in [0.4, 0.5) is 0 Å². The van der Waals surface area contributed by atoms with Gasteiger partial charge in [-0.05, 0) is 18.4 Å². The normalized spacial score (nSPS) is 10.3. The molecule has 68 valence electrons. The van der Waals surface area contributed by atoms with Gasteiger partial charge in [0, 0.05) is 6.92 Å². The molecule has 4 heteroatoms. The van der Waals surface area contributed by atoms with E-state index in [0.29, 0.717) is 0 Å². The van der Waals surface area contributed by atoms with Crippen molar-refractivity contribution in [1.29, 1.82) is 0 Å². The molecule has 0 saturated carbocycles. The van der Waals surface area contributed by atoms with Crippen molar-refractivity contribution in [2.75, 3.05) is 0 Å². The van der Waals surface area contributed by atoms with Crippen LogP contribution in [0.3, 0.4) is 0 Å². The molecule has 0 fully saturated rings. The lowest BCUT2D eigenvalue weighted by Gasteiger charge is -2.03. The van der Waals surface area contributed by atoms with Crippen molar-refractivity contribution in [1.82, 2.24) is 4.41 Å².